The van der Waals surface area contributed by atoms with Crippen LogP contribution in [0.1, 0.15) is 37.9 Å². The van der Waals surface area contributed by atoms with E-state index < -0.39 is 0 Å². The van der Waals surface area contributed by atoms with Gasteiger partial charge in [0.25, 0.3) is 0 Å². The van der Waals surface area contributed by atoms with Crippen LogP contribution in [0.4, 0.5) is 0 Å². The second-order valence-electron chi connectivity index (χ2n) is 7.99. The van der Waals surface area contributed by atoms with Gasteiger partial charge >= 0.3 is 0 Å². The number of carbonyl (C=O) groups excluding carboxylic acids is 1. The van der Waals surface area contributed by atoms with Crippen LogP contribution >= 0.6 is 0 Å². The third kappa shape index (κ3) is 3.85. The molecule has 1 amide bonds. The molecular weight excluding hydrogens is 392 g/mol. The Bertz CT molecular complexity index is 1200. The van der Waals surface area contributed by atoms with Gasteiger partial charge in [-0.2, -0.15) is 5.10 Å². The van der Waals surface area contributed by atoms with E-state index in [1.807, 2.05) is 56.5 Å². The average molecular weight is 419 g/mol. The zero-order valence-corrected chi connectivity index (χ0v) is 17.7. The molecule has 1 aromatic carbocycles. The number of hydrogen-bond acceptors (Lipinski definition) is 5. The van der Waals surface area contributed by atoms with Crippen molar-refractivity contribution in [3.8, 4) is 17.0 Å². The van der Waals surface area contributed by atoms with E-state index in [0.717, 1.165) is 59.9 Å². The first-order chi connectivity index (χ1) is 15.2. The second kappa shape index (κ2) is 8.37. The Morgan fingerprint density at radius 3 is 2.55 bits per heavy atom. The lowest BCUT2D eigenvalue weighted by atomic mass is 10.1. The number of hydrogen-bond donors (Lipinski definition) is 0. The van der Waals surface area contributed by atoms with Gasteiger partial charge in [-0.15, -0.1) is 10.2 Å². The van der Waals surface area contributed by atoms with Gasteiger partial charge < -0.3 is 9.64 Å². The molecule has 0 spiro atoms. The SMILES string of the molecule is COc1ccc(-c2cc3c4nnc(CCC(=O)N5CCCCCC5)n4ccn3n2)cc1. The van der Waals surface area contributed by atoms with E-state index in [4.69, 9.17) is 4.74 Å². The molecule has 4 heterocycles. The van der Waals surface area contributed by atoms with E-state index >= 15 is 0 Å². The summed E-state index contributed by atoms with van der Waals surface area (Å²) in [4.78, 5) is 14.7. The topological polar surface area (TPSA) is 77.0 Å². The van der Waals surface area contributed by atoms with Gasteiger partial charge in [-0.25, -0.2) is 4.52 Å². The van der Waals surface area contributed by atoms with E-state index in [-0.39, 0.29) is 5.91 Å². The van der Waals surface area contributed by atoms with Gasteiger partial charge in [0.1, 0.15) is 17.1 Å². The van der Waals surface area contributed by atoms with E-state index in [9.17, 15) is 4.79 Å². The van der Waals surface area contributed by atoms with Crippen molar-refractivity contribution in [1.29, 1.82) is 0 Å². The minimum absolute atomic E-state index is 0.214. The molecular formula is C23H26N6O2. The van der Waals surface area contributed by atoms with Crippen LogP contribution in [0.5, 0.6) is 5.75 Å². The van der Waals surface area contributed by atoms with Gasteiger partial charge in [-0.3, -0.25) is 9.20 Å². The molecule has 160 valence electrons. The summed E-state index contributed by atoms with van der Waals surface area (Å²) in [5, 5.41) is 13.4. The summed E-state index contributed by atoms with van der Waals surface area (Å²) in [6.45, 7) is 1.76. The molecule has 1 saturated heterocycles. The number of ether oxygens (including phenoxy) is 1. The predicted molar refractivity (Wildman–Crippen MR) is 117 cm³/mol. The Labute approximate surface area is 180 Å². The molecule has 1 fully saturated rings. The standard InChI is InChI=1S/C23H26N6O2/c1-31-18-8-6-17(7-9-18)19-16-20-23-25-24-21(28(23)14-15-29(20)26-19)10-11-22(30)27-12-4-2-3-5-13-27/h6-9,14-16H,2-5,10-13H2,1H3. The molecule has 8 heteroatoms. The predicted octanol–water partition coefficient (Wildman–Crippen LogP) is 3.39. The maximum absolute atomic E-state index is 12.6. The van der Waals surface area contributed by atoms with Crippen molar-refractivity contribution >= 4 is 17.1 Å². The monoisotopic (exact) mass is 418 g/mol. The van der Waals surface area contributed by atoms with Crippen LogP contribution in [0.25, 0.3) is 22.4 Å². The smallest absolute Gasteiger partial charge is 0.223 e. The molecule has 0 N–H and O–H groups in total. The third-order valence-corrected chi connectivity index (χ3v) is 6.00. The first-order valence-corrected chi connectivity index (χ1v) is 10.9. The third-order valence-electron chi connectivity index (χ3n) is 6.00. The summed E-state index contributed by atoms with van der Waals surface area (Å²) in [6, 6.07) is 9.83. The van der Waals surface area contributed by atoms with Crippen LogP contribution in [-0.2, 0) is 11.2 Å². The van der Waals surface area contributed by atoms with Crippen LogP contribution in [0.3, 0.4) is 0 Å². The number of methoxy groups -OCH3 is 1. The highest BCUT2D eigenvalue weighted by atomic mass is 16.5. The van der Waals surface area contributed by atoms with Gasteiger partial charge in [0.05, 0.1) is 12.8 Å². The molecule has 0 atom stereocenters. The first kappa shape index (κ1) is 19.5. The minimum Gasteiger partial charge on any atom is -0.497 e. The highest BCUT2D eigenvalue weighted by Crippen LogP contribution is 2.24. The number of nitrogens with zero attached hydrogens (tertiary/aromatic N) is 6. The van der Waals surface area contributed by atoms with Crippen LogP contribution in [0.15, 0.2) is 42.7 Å². The zero-order valence-electron chi connectivity index (χ0n) is 17.7. The number of rotatable bonds is 5. The summed E-state index contributed by atoms with van der Waals surface area (Å²) in [5.74, 6) is 1.82. The largest absolute Gasteiger partial charge is 0.497 e. The Morgan fingerprint density at radius 2 is 1.81 bits per heavy atom. The summed E-state index contributed by atoms with van der Waals surface area (Å²) in [7, 11) is 1.65. The number of fused-ring (bicyclic) bond motifs is 3. The summed E-state index contributed by atoms with van der Waals surface area (Å²) < 4.78 is 9.01. The van der Waals surface area contributed by atoms with Crippen LogP contribution in [0, 0.1) is 0 Å². The highest BCUT2D eigenvalue weighted by Gasteiger charge is 2.18. The number of aromatic nitrogens is 5. The lowest BCUT2D eigenvalue weighted by Crippen LogP contribution is -2.32. The number of benzene rings is 1. The molecule has 8 nitrogen and oxygen atoms in total. The van der Waals surface area contributed by atoms with E-state index in [2.05, 4.69) is 15.3 Å². The molecule has 31 heavy (non-hydrogen) atoms. The summed E-state index contributed by atoms with van der Waals surface area (Å²) in [5.41, 5.74) is 3.49. The van der Waals surface area contributed by atoms with Crippen molar-refractivity contribution in [1.82, 2.24) is 29.1 Å². The number of aryl methyl sites for hydroxylation is 1. The molecule has 0 saturated carbocycles. The molecule has 5 rings (SSSR count). The minimum atomic E-state index is 0.214. The summed E-state index contributed by atoms with van der Waals surface area (Å²) in [6.07, 6.45) is 9.51. The molecule has 0 aliphatic carbocycles. The fraction of sp³-hybridized carbons (Fsp3) is 0.391. The fourth-order valence-corrected chi connectivity index (χ4v) is 4.23. The number of amides is 1. The molecule has 1 aliphatic heterocycles. The molecule has 3 aromatic heterocycles. The molecule has 0 unspecified atom stereocenters. The van der Waals surface area contributed by atoms with Crippen molar-refractivity contribution < 1.29 is 9.53 Å². The number of likely N-dealkylation sites (tertiary alicyclic amines) is 1. The van der Waals surface area contributed by atoms with Crippen molar-refractivity contribution in [2.24, 2.45) is 0 Å². The number of carbonyl (C=O) groups is 1. The van der Waals surface area contributed by atoms with E-state index in [1.54, 1.807) is 7.11 Å². The van der Waals surface area contributed by atoms with E-state index in [1.165, 1.54) is 12.8 Å². The maximum atomic E-state index is 12.6. The quantitative estimate of drug-likeness (QED) is 0.497. The molecule has 0 bridgehead atoms. The van der Waals surface area contributed by atoms with Crippen molar-refractivity contribution in [2.75, 3.05) is 20.2 Å². The van der Waals surface area contributed by atoms with Crippen LogP contribution in [0.2, 0.25) is 0 Å². The molecule has 4 aromatic rings. The van der Waals surface area contributed by atoms with Gasteiger partial charge in [0.15, 0.2) is 5.65 Å². The van der Waals surface area contributed by atoms with E-state index in [0.29, 0.717) is 12.8 Å². The Hall–Kier alpha value is -3.42. The Kier molecular flexibility index (Phi) is 5.28. The zero-order chi connectivity index (χ0) is 21.2. The van der Waals surface area contributed by atoms with Crippen molar-refractivity contribution in [3.63, 3.8) is 0 Å². The van der Waals surface area contributed by atoms with Gasteiger partial charge in [-0.1, -0.05) is 12.8 Å². The highest BCUT2D eigenvalue weighted by molar-refractivity contribution is 5.78. The van der Waals surface area contributed by atoms with Gasteiger partial charge in [0.2, 0.25) is 5.91 Å². The van der Waals surface area contributed by atoms with Gasteiger partial charge in [0, 0.05) is 43.9 Å². The van der Waals surface area contributed by atoms with Gasteiger partial charge in [-0.05, 0) is 43.2 Å². The molecule has 1 aliphatic rings. The van der Waals surface area contributed by atoms with Crippen molar-refractivity contribution in [2.45, 2.75) is 38.5 Å². The Balaban J connectivity index is 1.38. The van der Waals surface area contributed by atoms with Crippen molar-refractivity contribution in [3.05, 3.63) is 48.5 Å². The first-order valence-electron chi connectivity index (χ1n) is 10.9. The van der Waals surface area contributed by atoms with Crippen LogP contribution in [-0.4, -0.2) is 55.2 Å². The molecule has 0 radical (unpaired) electrons. The lowest BCUT2D eigenvalue weighted by Gasteiger charge is -2.19. The normalized spacial score (nSPS) is 14.8. The lowest BCUT2D eigenvalue weighted by molar-refractivity contribution is -0.131. The second-order valence-corrected chi connectivity index (χ2v) is 7.99. The van der Waals surface area contributed by atoms with Crippen LogP contribution < -0.4 is 4.74 Å². The average Bonchev–Trinajstić information content (AvgIpc) is 3.32. The maximum Gasteiger partial charge on any atom is 0.223 e. The summed E-state index contributed by atoms with van der Waals surface area (Å²) >= 11 is 0. The Morgan fingerprint density at radius 1 is 1.03 bits per heavy atom. The fourth-order valence-electron chi connectivity index (χ4n) is 4.23.